The van der Waals surface area contributed by atoms with Crippen LogP contribution >= 0.6 is 0 Å². The predicted molar refractivity (Wildman–Crippen MR) is 76.2 cm³/mol. The van der Waals surface area contributed by atoms with Crippen molar-refractivity contribution >= 4 is 11.6 Å². The van der Waals surface area contributed by atoms with Gasteiger partial charge in [-0.1, -0.05) is 18.2 Å². The van der Waals surface area contributed by atoms with Crippen LogP contribution in [0.2, 0.25) is 0 Å². The van der Waals surface area contributed by atoms with E-state index in [-0.39, 0.29) is 18.0 Å². The summed E-state index contributed by atoms with van der Waals surface area (Å²) in [6.07, 6.45) is 1.63. The zero-order valence-corrected chi connectivity index (χ0v) is 11.3. The summed E-state index contributed by atoms with van der Waals surface area (Å²) in [6, 6.07) is 9.78. The number of nitriles is 1. The molecule has 1 aromatic carbocycles. The van der Waals surface area contributed by atoms with Crippen molar-refractivity contribution in [1.29, 1.82) is 5.26 Å². The fraction of sp³-hybridized carbons (Fsp3) is 0.467. The molecular formula is C15H18N4O. The Hall–Kier alpha value is -1.90. The number of rotatable bonds is 1. The molecule has 0 radical (unpaired) electrons. The van der Waals surface area contributed by atoms with E-state index < -0.39 is 0 Å². The average Bonchev–Trinajstić information content (AvgIpc) is 2.65. The highest BCUT2D eigenvalue weighted by atomic mass is 16.2. The molecule has 2 atom stereocenters. The molecule has 5 nitrogen and oxygen atoms in total. The number of hydrogen-bond acceptors (Lipinski definition) is 4. The van der Waals surface area contributed by atoms with Crippen LogP contribution in [0.1, 0.15) is 12.0 Å². The highest BCUT2D eigenvalue weighted by Gasteiger charge is 2.34. The van der Waals surface area contributed by atoms with Crippen LogP contribution in [0.25, 0.3) is 0 Å². The number of fused-ring (bicyclic) bond motifs is 1. The minimum Gasteiger partial charge on any atom is -0.324 e. The van der Waals surface area contributed by atoms with Gasteiger partial charge in [0.2, 0.25) is 5.91 Å². The minimum absolute atomic E-state index is 0.0112. The lowest BCUT2D eigenvalue weighted by Gasteiger charge is -2.36. The second kappa shape index (κ2) is 5.61. The Morgan fingerprint density at radius 3 is 3.05 bits per heavy atom. The molecule has 1 fully saturated rings. The summed E-state index contributed by atoms with van der Waals surface area (Å²) in [5, 5.41) is 15.5. The van der Waals surface area contributed by atoms with Gasteiger partial charge in [-0.15, -0.1) is 0 Å². The fourth-order valence-electron chi connectivity index (χ4n) is 3.03. The van der Waals surface area contributed by atoms with E-state index >= 15 is 0 Å². The van der Waals surface area contributed by atoms with Crippen LogP contribution in [-0.4, -0.2) is 42.5 Å². The monoisotopic (exact) mass is 270 g/mol. The van der Waals surface area contributed by atoms with E-state index in [1.165, 1.54) is 5.56 Å². The molecule has 0 aliphatic carbocycles. The number of aryl methyl sites for hydroxylation is 1. The van der Waals surface area contributed by atoms with E-state index in [1.807, 2.05) is 23.1 Å². The van der Waals surface area contributed by atoms with Gasteiger partial charge in [-0.3, -0.25) is 9.69 Å². The first-order valence-electron chi connectivity index (χ1n) is 7.04. The number of carbonyl (C=O) groups is 1. The second-order valence-electron chi connectivity index (χ2n) is 5.29. The smallest absolute Gasteiger partial charge is 0.241 e. The van der Waals surface area contributed by atoms with Crippen molar-refractivity contribution in [2.24, 2.45) is 0 Å². The molecule has 0 spiro atoms. The number of para-hydroxylation sites is 1. The molecule has 1 aromatic rings. The number of carbonyl (C=O) groups excluding carboxylic acids is 1. The predicted octanol–water partition coefficient (Wildman–Crippen LogP) is 0.737. The Bertz CT molecular complexity index is 551. The van der Waals surface area contributed by atoms with Gasteiger partial charge in [0.25, 0.3) is 0 Å². The molecule has 5 heteroatoms. The van der Waals surface area contributed by atoms with Crippen molar-refractivity contribution in [2.45, 2.75) is 24.9 Å². The van der Waals surface area contributed by atoms with Gasteiger partial charge in [0.15, 0.2) is 0 Å². The Labute approximate surface area is 118 Å². The normalized spacial score (nSPS) is 27.1. The Kier molecular flexibility index (Phi) is 3.68. The highest BCUT2D eigenvalue weighted by Crippen LogP contribution is 2.24. The molecule has 0 bridgehead atoms. The van der Waals surface area contributed by atoms with E-state index in [4.69, 9.17) is 0 Å². The third kappa shape index (κ3) is 2.40. The van der Waals surface area contributed by atoms with E-state index in [0.717, 1.165) is 31.6 Å². The summed E-state index contributed by atoms with van der Waals surface area (Å²) in [5.74, 6) is 0.0112. The van der Waals surface area contributed by atoms with Gasteiger partial charge in [-0.2, -0.15) is 5.26 Å². The quantitative estimate of drug-likeness (QED) is 0.789. The first-order valence-corrected chi connectivity index (χ1v) is 7.04. The summed E-state index contributed by atoms with van der Waals surface area (Å²) < 4.78 is 0. The van der Waals surface area contributed by atoms with Gasteiger partial charge in [0.05, 0.1) is 12.1 Å². The topological polar surface area (TPSA) is 68.2 Å². The van der Waals surface area contributed by atoms with E-state index in [0.29, 0.717) is 6.54 Å². The molecule has 0 aromatic heterocycles. The average molecular weight is 270 g/mol. The summed E-state index contributed by atoms with van der Waals surface area (Å²) in [5.41, 5.74) is 2.08. The SMILES string of the molecule is N#CC1CNCCN1C1CCc2ccccc2NC1=O. The number of nitrogens with zero attached hydrogens (tertiary/aromatic N) is 2. The highest BCUT2D eigenvalue weighted by molar-refractivity contribution is 5.96. The Balaban J connectivity index is 1.82. The minimum atomic E-state index is -0.222. The van der Waals surface area contributed by atoms with Crippen molar-refractivity contribution in [3.8, 4) is 6.07 Å². The molecule has 104 valence electrons. The number of piperazine rings is 1. The third-order valence-electron chi connectivity index (χ3n) is 4.10. The number of amides is 1. The summed E-state index contributed by atoms with van der Waals surface area (Å²) >= 11 is 0. The lowest BCUT2D eigenvalue weighted by Crippen LogP contribution is -2.57. The first-order chi connectivity index (χ1) is 9.79. The van der Waals surface area contributed by atoms with Gasteiger partial charge < -0.3 is 10.6 Å². The van der Waals surface area contributed by atoms with Crippen LogP contribution in [0.3, 0.4) is 0 Å². The van der Waals surface area contributed by atoms with Gasteiger partial charge in [0.1, 0.15) is 6.04 Å². The molecule has 1 saturated heterocycles. The third-order valence-corrected chi connectivity index (χ3v) is 4.10. The molecule has 2 N–H and O–H groups in total. The number of nitrogens with one attached hydrogen (secondary N) is 2. The zero-order valence-electron chi connectivity index (χ0n) is 11.3. The lowest BCUT2D eigenvalue weighted by atomic mass is 10.0. The molecule has 2 aliphatic rings. The van der Waals surface area contributed by atoms with Crippen LogP contribution in [0, 0.1) is 11.3 Å². The lowest BCUT2D eigenvalue weighted by molar-refractivity contribution is -0.122. The maximum absolute atomic E-state index is 12.5. The van der Waals surface area contributed by atoms with Gasteiger partial charge in [0, 0.05) is 25.3 Å². The number of anilines is 1. The largest absolute Gasteiger partial charge is 0.324 e. The fourth-order valence-corrected chi connectivity index (χ4v) is 3.03. The van der Waals surface area contributed by atoms with Gasteiger partial charge in [-0.25, -0.2) is 0 Å². The van der Waals surface area contributed by atoms with Gasteiger partial charge in [-0.05, 0) is 24.5 Å². The maximum atomic E-state index is 12.5. The van der Waals surface area contributed by atoms with Crippen LogP contribution in [0.5, 0.6) is 0 Å². The van der Waals surface area contributed by atoms with E-state index in [2.05, 4.69) is 22.8 Å². The Morgan fingerprint density at radius 2 is 2.20 bits per heavy atom. The molecule has 2 heterocycles. The molecule has 3 rings (SSSR count). The van der Waals surface area contributed by atoms with E-state index in [1.54, 1.807) is 0 Å². The van der Waals surface area contributed by atoms with Crippen molar-refractivity contribution in [2.75, 3.05) is 25.0 Å². The van der Waals surface area contributed by atoms with E-state index in [9.17, 15) is 10.1 Å². The van der Waals surface area contributed by atoms with Crippen molar-refractivity contribution < 1.29 is 4.79 Å². The molecular weight excluding hydrogens is 252 g/mol. The van der Waals surface area contributed by atoms with Crippen LogP contribution in [0.4, 0.5) is 5.69 Å². The summed E-state index contributed by atoms with van der Waals surface area (Å²) in [6.45, 7) is 2.20. The first kappa shape index (κ1) is 13.1. The molecule has 2 unspecified atom stereocenters. The molecule has 0 saturated carbocycles. The van der Waals surface area contributed by atoms with Crippen LogP contribution in [-0.2, 0) is 11.2 Å². The van der Waals surface area contributed by atoms with Gasteiger partial charge >= 0.3 is 0 Å². The molecule has 1 amide bonds. The molecule has 20 heavy (non-hydrogen) atoms. The van der Waals surface area contributed by atoms with Crippen molar-refractivity contribution in [1.82, 2.24) is 10.2 Å². The standard InChI is InChI=1S/C15H18N4O/c16-9-12-10-17-7-8-19(12)14-6-5-11-3-1-2-4-13(11)18-15(14)20/h1-4,12,14,17H,5-8,10H2,(H,18,20). The van der Waals surface area contributed by atoms with Crippen LogP contribution < -0.4 is 10.6 Å². The number of benzene rings is 1. The molecule has 2 aliphatic heterocycles. The van der Waals surface area contributed by atoms with Crippen molar-refractivity contribution in [3.05, 3.63) is 29.8 Å². The number of hydrogen-bond donors (Lipinski definition) is 2. The second-order valence-corrected chi connectivity index (χ2v) is 5.29. The van der Waals surface area contributed by atoms with Crippen LogP contribution in [0.15, 0.2) is 24.3 Å². The summed E-state index contributed by atoms with van der Waals surface area (Å²) in [7, 11) is 0. The summed E-state index contributed by atoms with van der Waals surface area (Å²) in [4.78, 5) is 14.5. The zero-order chi connectivity index (χ0) is 13.9. The van der Waals surface area contributed by atoms with Crippen molar-refractivity contribution in [3.63, 3.8) is 0 Å². The maximum Gasteiger partial charge on any atom is 0.241 e. The Morgan fingerprint density at radius 1 is 1.35 bits per heavy atom.